The van der Waals surface area contributed by atoms with Gasteiger partial charge in [-0.3, -0.25) is 9.89 Å². The molecule has 2 aromatic rings. The van der Waals surface area contributed by atoms with Gasteiger partial charge in [-0.15, -0.1) is 0 Å². The Labute approximate surface area is 104 Å². The zero-order chi connectivity index (χ0) is 12.8. The van der Waals surface area contributed by atoms with E-state index in [1.165, 1.54) is 0 Å². The largest absolute Gasteiger partial charge is 0.486 e. The number of aromatic amines is 1. The predicted octanol–water partition coefficient (Wildman–Crippen LogP) is 0.672. The van der Waals surface area contributed by atoms with Crippen LogP contribution in [-0.4, -0.2) is 28.1 Å². The molecule has 1 heterocycles. The Morgan fingerprint density at radius 3 is 2.89 bits per heavy atom. The average Bonchev–Trinajstić information content (AvgIpc) is 2.85. The molecule has 0 aliphatic rings. The molecule has 1 aromatic heterocycles. The summed E-state index contributed by atoms with van der Waals surface area (Å²) in [6, 6.07) is 9.44. The molecule has 0 bridgehead atoms. The quantitative estimate of drug-likeness (QED) is 0.812. The molecule has 1 aromatic carbocycles. The second kappa shape index (κ2) is 5.81. The number of carbonyl (C=O) groups is 1. The summed E-state index contributed by atoms with van der Waals surface area (Å²) in [5, 5.41) is 9.20. The second-order valence-electron chi connectivity index (χ2n) is 3.65. The van der Waals surface area contributed by atoms with Gasteiger partial charge >= 0.3 is 0 Å². The molecule has 18 heavy (non-hydrogen) atoms. The van der Waals surface area contributed by atoms with Crippen LogP contribution in [0.15, 0.2) is 30.3 Å². The Bertz CT molecular complexity index is 510. The number of nitrogens with zero attached hydrogens (tertiary/aromatic N) is 2. The Morgan fingerprint density at radius 1 is 1.39 bits per heavy atom. The summed E-state index contributed by atoms with van der Waals surface area (Å²) in [6.45, 7) is 0.296. The van der Waals surface area contributed by atoms with Crippen LogP contribution in [0.1, 0.15) is 11.6 Å². The molecule has 0 atom stereocenters. The Hall–Kier alpha value is -2.37. The zero-order valence-electron chi connectivity index (χ0n) is 10.0. The molecular weight excluding hydrogens is 232 g/mol. The van der Waals surface area contributed by atoms with Crippen LogP contribution in [0.5, 0.6) is 5.75 Å². The van der Waals surface area contributed by atoms with Crippen molar-refractivity contribution >= 4 is 5.91 Å². The van der Waals surface area contributed by atoms with E-state index in [0.29, 0.717) is 18.3 Å². The molecule has 2 N–H and O–H groups in total. The smallest absolute Gasteiger partial charge is 0.227 e. The second-order valence-corrected chi connectivity index (χ2v) is 3.65. The zero-order valence-corrected chi connectivity index (χ0v) is 10.0. The molecule has 0 radical (unpaired) electrons. The number of aromatic nitrogens is 3. The minimum absolute atomic E-state index is 0.121. The van der Waals surface area contributed by atoms with Gasteiger partial charge in [0.25, 0.3) is 0 Å². The van der Waals surface area contributed by atoms with Crippen molar-refractivity contribution in [3.8, 4) is 5.75 Å². The topological polar surface area (TPSA) is 79.9 Å². The van der Waals surface area contributed by atoms with Crippen LogP contribution < -0.4 is 10.1 Å². The van der Waals surface area contributed by atoms with E-state index in [2.05, 4.69) is 20.5 Å². The van der Waals surface area contributed by atoms with Crippen LogP contribution in [0.3, 0.4) is 0 Å². The molecule has 0 aliphatic carbocycles. The maximum atomic E-state index is 11.1. The molecule has 94 valence electrons. The van der Waals surface area contributed by atoms with Gasteiger partial charge in [-0.25, -0.2) is 4.98 Å². The highest BCUT2D eigenvalue weighted by Gasteiger charge is 2.07. The first-order valence-corrected chi connectivity index (χ1v) is 5.56. The Balaban J connectivity index is 1.89. The summed E-state index contributed by atoms with van der Waals surface area (Å²) >= 11 is 0. The molecule has 6 heteroatoms. The van der Waals surface area contributed by atoms with Crippen LogP contribution in [0, 0.1) is 0 Å². The molecule has 0 saturated carbocycles. The number of likely N-dealkylation sites (N-methyl/N-ethyl adjacent to an activating group) is 1. The summed E-state index contributed by atoms with van der Waals surface area (Å²) in [4.78, 5) is 15.3. The lowest BCUT2D eigenvalue weighted by atomic mass is 10.3. The maximum Gasteiger partial charge on any atom is 0.227 e. The Kier molecular flexibility index (Phi) is 3.90. The summed E-state index contributed by atoms with van der Waals surface area (Å²) in [5.41, 5.74) is 0. The van der Waals surface area contributed by atoms with Gasteiger partial charge in [-0.1, -0.05) is 18.2 Å². The highest BCUT2D eigenvalue weighted by atomic mass is 16.5. The van der Waals surface area contributed by atoms with E-state index >= 15 is 0 Å². The van der Waals surface area contributed by atoms with E-state index < -0.39 is 0 Å². The molecule has 0 spiro atoms. The van der Waals surface area contributed by atoms with Crippen LogP contribution in [0.25, 0.3) is 0 Å². The number of carbonyl (C=O) groups excluding carboxylic acids is 1. The predicted molar refractivity (Wildman–Crippen MR) is 64.9 cm³/mol. The van der Waals surface area contributed by atoms with E-state index in [4.69, 9.17) is 4.74 Å². The maximum absolute atomic E-state index is 11.1. The number of hydrogen-bond acceptors (Lipinski definition) is 4. The molecule has 6 nitrogen and oxygen atoms in total. The fourth-order valence-electron chi connectivity index (χ4n) is 1.38. The van der Waals surface area contributed by atoms with Crippen molar-refractivity contribution in [3.05, 3.63) is 42.0 Å². The fraction of sp³-hybridized carbons (Fsp3) is 0.250. The molecule has 2 rings (SSSR count). The summed E-state index contributed by atoms with van der Waals surface area (Å²) in [5.74, 6) is 1.70. The third-order valence-electron chi connectivity index (χ3n) is 2.29. The number of benzene rings is 1. The van der Waals surface area contributed by atoms with Crippen molar-refractivity contribution < 1.29 is 9.53 Å². The lowest BCUT2D eigenvalue weighted by Gasteiger charge is -2.02. The molecule has 0 aliphatic heterocycles. The normalized spacial score (nSPS) is 10.1. The van der Waals surface area contributed by atoms with Gasteiger partial charge in [0.05, 0.1) is 6.42 Å². The lowest BCUT2D eigenvalue weighted by Crippen LogP contribution is -2.20. The number of nitrogens with one attached hydrogen (secondary N) is 2. The molecule has 0 saturated heterocycles. The fourth-order valence-corrected chi connectivity index (χ4v) is 1.38. The summed E-state index contributed by atoms with van der Waals surface area (Å²) in [6.07, 6.45) is 0.165. The SMILES string of the molecule is CNC(=O)Cc1n[nH]c(COc2ccccc2)n1. The minimum atomic E-state index is -0.121. The van der Waals surface area contributed by atoms with Crippen LogP contribution in [0.4, 0.5) is 0 Å². The van der Waals surface area contributed by atoms with Gasteiger partial charge in [-0.05, 0) is 12.1 Å². The first-order valence-electron chi connectivity index (χ1n) is 5.56. The molecular formula is C12H14N4O2. The number of H-pyrrole nitrogens is 1. The number of amides is 1. The third kappa shape index (κ3) is 3.31. The van der Waals surface area contributed by atoms with Crippen molar-refractivity contribution in [2.75, 3.05) is 7.05 Å². The van der Waals surface area contributed by atoms with Crippen molar-refractivity contribution in [2.45, 2.75) is 13.0 Å². The first-order chi connectivity index (χ1) is 8.78. The summed E-state index contributed by atoms with van der Waals surface area (Å²) in [7, 11) is 1.58. The number of ether oxygens (including phenoxy) is 1. The number of para-hydroxylation sites is 1. The van der Waals surface area contributed by atoms with Crippen molar-refractivity contribution in [3.63, 3.8) is 0 Å². The van der Waals surface area contributed by atoms with E-state index in [1.54, 1.807) is 7.05 Å². The van der Waals surface area contributed by atoms with Gasteiger partial charge in [0.15, 0.2) is 11.6 Å². The average molecular weight is 246 g/mol. The number of rotatable bonds is 5. The molecule has 1 amide bonds. The summed E-state index contributed by atoms with van der Waals surface area (Å²) < 4.78 is 5.50. The highest BCUT2D eigenvalue weighted by molar-refractivity contribution is 5.77. The van der Waals surface area contributed by atoms with Gasteiger partial charge in [0, 0.05) is 7.05 Å². The van der Waals surface area contributed by atoms with Crippen LogP contribution in [0.2, 0.25) is 0 Å². The Morgan fingerprint density at radius 2 is 2.17 bits per heavy atom. The van der Waals surface area contributed by atoms with Gasteiger partial charge < -0.3 is 10.1 Å². The standard InChI is InChI=1S/C12H14N4O2/c1-13-12(17)7-10-14-11(16-15-10)8-18-9-5-3-2-4-6-9/h2-6H,7-8H2,1H3,(H,13,17)(H,14,15,16). The van der Waals surface area contributed by atoms with Crippen molar-refractivity contribution in [2.24, 2.45) is 0 Å². The van der Waals surface area contributed by atoms with Crippen molar-refractivity contribution in [1.82, 2.24) is 20.5 Å². The van der Waals surface area contributed by atoms with Gasteiger partial charge in [0.2, 0.25) is 5.91 Å². The van der Waals surface area contributed by atoms with E-state index in [1.807, 2.05) is 30.3 Å². The van der Waals surface area contributed by atoms with Crippen LogP contribution in [-0.2, 0) is 17.8 Å². The number of hydrogen-bond donors (Lipinski definition) is 2. The van der Waals surface area contributed by atoms with Gasteiger partial charge in [-0.2, -0.15) is 5.10 Å². The first kappa shape index (κ1) is 12.1. The van der Waals surface area contributed by atoms with E-state index in [-0.39, 0.29) is 12.3 Å². The minimum Gasteiger partial charge on any atom is -0.486 e. The molecule has 0 unspecified atom stereocenters. The van der Waals surface area contributed by atoms with E-state index in [9.17, 15) is 4.79 Å². The molecule has 0 fully saturated rings. The van der Waals surface area contributed by atoms with Crippen molar-refractivity contribution in [1.29, 1.82) is 0 Å². The van der Waals surface area contributed by atoms with E-state index in [0.717, 1.165) is 5.75 Å². The lowest BCUT2D eigenvalue weighted by molar-refractivity contribution is -0.120. The third-order valence-corrected chi connectivity index (χ3v) is 2.29. The monoisotopic (exact) mass is 246 g/mol. The highest BCUT2D eigenvalue weighted by Crippen LogP contribution is 2.09. The van der Waals surface area contributed by atoms with Gasteiger partial charge in [0.1, 0.15) is 12.4 Å². The van der Waals surface area contributed by atoms with Crippen LogP contribution >= 0.6 is 0 Å².